The van der Waals surface area contributed by atoms with Crippen molar-refractivity contribution in [2.75, 3.05) is 31.1 Å². The number of likely N-dealkylation sites (tertiary alicyclic amines) is 1. The van der Waals surface area contributed by atoms with E-state index in [0.717, 1.165) is 38.9 Å². The van der Waals surface area contributed by atoms with Crippen LogP contribution in [0.25, 0.3) is 0 Å². The number of amides is 1. The fraction of sp³-hybridized carbons (Fsp3) is 0.435. The van der Waals surface area contributed by atoms with Crippen LogP contribution in [0.15, 0.2) is 59.5 Å². The van der Waals surface area contributed by atoms with Gasteiger partial charge in [0.15, 0.2) is 0 Å². The molecule has 2 aliphatic rings. The summed E-state index contributed by atoms with van der Waals surface area (Å²) in [5.74, 6) is 0.977. The van der Waals surface area contributed by atoms with Crippen LogP contribution in [0, 0.1) is 5.92 Å². The maximum atomic E-state index is 12.9. The van der Waals surface area contributed by atoms with Gasteiger partial charge in [0.05, 0.1) is 12.2 Å². The average molecular weight is 381 g/mol. The Bertz CT molecular complexity index is 771. The van der Waals surface area contributed by atoms with E-state index >= 15 is 0 Å². The van der Waals surface area contributed by atoms with Crippen LogP contribution in [0.1, 0.15) is 25.3 Å². The van der Waals surface area contributed by atoms with Crippen LogP contribution < -0.4 is 4.90 Å². The Morgan fingerprint density at radius 1 is 1.04 bits per heavy atom. The number of hydrogen-bond donors (Lipinski definition) is 0. The summed E-state index contributed by atoms with van der Waals surface area (Å²) in [6, 6.07) is 19.2. The first kappa shape index (κ1) is 18.4. The van der Waals surface area contributed by atoms with Crippen molar-refractivity contribution >= 4 is 23.4 Å². The molecule has 142 valence electrons. The van der Waals surface area contributed by atoms with Crippen LogP contribution in [-0.2, 0) is 11.2 Å². The lowest BCUT2D eigenvalue weighted by Gasteiger charge is -2.37. The molecule has 0 saturated carbocycles. The maximum absolute atomic E-state index is 12.9. The molecule has 2 heterocycles. The Hall–Kier alpha value is -1.94. The fourth-order valence-electron chi connectivity index (χ4n) is 4.23. The Labute approximate surface area is 166 Å². The number of thioether (sulfide) groups is 1. The first-order chi connectivity index (χ1) is 13.2. The molecular weight excluding hydrogens is 352 g/mol. The summed E-state index contributed by atoms with van der Waals surface area (Å²) in [5, 5.41) is 0.518. The van der Waals surface area contributed by atoms with Crippen LogP contribution >= 0.6 is 11.8 Å². The van der Waals surface area contributed by atoms with Gasteiger partial charge in [-0.05, 0) is 42.9 Å². The zero-order valence-electron chi connectivity index (χ0n) is 16.0. The normalized spacial score (nSPS) is 20.4. The van der Waals surface area contributed by atoms with Gasteiger partial charge < -0.3 is 9.80 Å². The number of piperidine rings is 1. The number of anilines is 1. The molecule has 0 N–H and O–H groups in total. The molecule has 0 aliphatic carbocycles. The number of benzene rings is 2. The molecule has 2 aliphatic heterocycles. The topological polar surface area (TPSA) is 23.6 Å². The van der Waals surface area contributed by atoms with Crippen molar-refractivity contribution in [3.8, 4) is 0 Å². The second kappa shape index (κ2) is 8.39. The fourth-order valence-corrected chi connectivity index (χ4v) is 5.39. The third kappa shape index (κ3) is 4.49. The molecule has 2 aromatic carbocycles. The van der Waals surface area contributed by atoms with Crippen LogP contribution in [0.4, 0.5) is 5.69 Å². The summed E-state index contributed by atoms with van der Waals surface area (Å²) < 4.78 is 0. The highest BCUT2D eigenvalue weighted by molar-refractivity contribution is 8.00. The van der Waals surface area contributed by atoms with E-state index in [0.29, 0.717) is 17.7 Å². The summed E-state index contributed by atoms with van der Waals surface area (Å²) in [7, 11) is 0. The summed E-state index contributed by atoms with van der Waals surface area (Å²) in [4.78, 5) is 18.6. The van der Waals surface area contributed by atoms with Crippen molar-refractivity contribution in [3.63, 3.8) is 0 Å². The van der Waals surface area contributed by atoms with Crippen molar-refractivity contribution in [1.82, 2.24) is 4.90 Å². The summed E-state index contributed by atoms with van der Waals surface area (Å²) in [5.41, 5.74) is 2.63. The Morgan fingerprint density at radius 2 is 1.74 bits per heavy atom. The van der Waals surface area contributed by atoms with Crippen LogP contribution in [0.3, 0.4) is 0 Å². The molecule has 27 heavy (non-hydrogen) atoms. The van der Waals surface area contributed by atoms with Gasteiger partial charge in [-0.3, -0.25) is 4.79 Å². The van der Waals surface area contributed by atoms with E-state index in [2.05, 4.69) is 71.3 Å². The van der Waals surface area contributed by atoms with Crippen molar-refractivity contribution < 1.29 is 4.79 Å². The number of carbonyl (C=O) groups is 1. The second-order valence-corrected chi connectivity index (χ2v) is 9.27. The highest BCUT2D eigenvalue weighted by Crippen LogP contribution is 2.38. The van der Waals surface area contributed by atoms with Gasteiger partial charge in [0.25, 0.3) is 0 Å². The molecule has 3 nitrogen and oxygen atoms in total. The lowest BCUT2D eigenvalue weighted by atomic mass is 9.90. The zero-order valence-corrected chi connectivity index (χ0v) is 16.8. The van der Waals surface area contributed by atoms with Crippen molar-refractivity contribution in [2.24, 2.45) is 5.92 Å². The molecule has 1 fully saturated rings. The summed E-state index contributed by atoms with van der Waals surface area (Å²) in [6.45, 7) is 5.49. The van der Waals surface area contributed by atoms with E-state index in [9.17, 15) is 4.79 Å². The van der Waals surface area contributed by atoms with Crippen LogP contribution in [-0.4, -0.2) is 42.2 Å². The Kier molecular flexibility index (Phi) is 5.72. The lowest BCUT2D eigenvalue weighted by molar-refractivity contribution is -0.131. The zero-order chi connectivity index (χ0) is 18.6. The molecule has 1 saturated heterocycles. The minimum absolute atomic E-state index is 0.280. The van der Waals surface area contributed by atoms with E-state index in [1.807, 2.05) is 11.8 Å². The minimum Gasteiger partial charge on any atom is -0.360 e. The number of nitrogens with zero attached hydrogens (tertiary/aromatic N) is 2. The number of fused-ring (bicyclic) bond motifs is 1. The van der Waals surface area contributed by atoms with Crippen molar-refractivity contribution in [3.05, 3.63) is 60.2 Å². The number of carbonyl (C=O) groups excluding carboxylic acids is 1. The molecule has 0 unspecified atom stereocenters. The third-order valence-electron chi connectivity index (χ3n) is 5.67. The molecule has 4 heteroatoms. The molecular formula is C23H28N2OS. The number of rotatable bonds is 4. The lowest BCUT2D eigenvalue weighted by Crippen LogP contribution is -2.46. The standard InChI is InChI=1S/C23H28N2OS/c1-18-16-25(21-9-5-6-10-22(21)27-18)17-23(26)24-13-11-20(12-14-24)15-19-7-3-2-4-8-19/h2-10,18,20H,11-17H2,1H3/t18-/m0/s1. The Morgan fingerprint density at radius 3 is 2.52 bits per heavy atom. The monoisotopic (exact) mass is 380 g/mol. The van der Waals surface area contributed by atoms with Gasteiger partial charge in [-0.1, -0.05) is 49.4 Å². The third-order valence-corrected chi connectivity index (χ3v) is 6.82. The molecule has 0 spiro atoms. The number of para-hydroxylation sites is 1. The van der Waals surface area contributed by atoms with Gasteiger partial charge in [0, 0.05) is 29.8 Å². The Balaban J connectivity index is 1.32. The maximum Gasteiger partial charge on any atom is 0.242 e. The van der Waals surface area contributed by atoms with Gasteiger partial charge >= 0.3 is 0 Å². The molecule has 1 atom stereocenters. The van der Waals surface area contributed by atoms with E-state index in [4.69, 9.17) is 0 Å². The van der Waals surface area contributed by atoms with Crippen molar-refractivity contribution in [1.29, 1.82) is 0 Å². The van der Waals surface area contributed by atoms with Crippen LogP contribution in [0.2, 0.25) is 0 Å². The minimum atomic E-state index is 0.280. The second-order valence-electron chi connectivity index (χ2n) is 7.79. The quantitative estimate of drug-likeness (QED) is 0.782. The molecule has 2 aromatic rings. The van der Waals surface area contributed by atoms with E-state index in [1.54, 1.807) is 0 Å². The largest absolute Gasteiger partial charge is 0.360 e. The molecule has 0 radical (unpaired) electrons. The smallest absolute Gasteiger partial charge is 0.242 e. The highest BCUT2D eigenvalue weighted by atomic mass is 32.2. The first-order valence-corrected chi connectivity index (χ1v) is 10.9. The van der Waals surface area contributed by atoms with E-state index in [1.165, 1.54) is 16.1 Å². The first-order valence-electron chi connectivity index (χ1n) is 10.0. The SMILES string of the molecule is C[C@H]1CN(CC(=O)N2CCC(Cc3ccccc3)CC2)c2ccccc2S1. The van der Waals surface area contributed by atoms with E-state index in [-0.39, 0.29) is 5.91 Å². The van der Waals surface area contributed by atoms with Crippen LogP contribution in [0.5, 0.6) is 0 Å². The molecule has 4 rings (SSSR count). The van der Waals surface area contributed by atoms with Gasteiger partial charge in [0.1, 0.15) is 0 Å². The number of hydrogen-bond acceptors (Lipinski definition) is 3. The van der Waals surface area contributed by atoms with Gasteiger partial charge in [-0.15, -0.1) is 11.8 Å². The highest BCUT2D eigenvalue weighted by Gasteiger charge is 2.27. The molecule has 1 amide bonds. The molecule has 0 bridgehead atoms. The summed E-state index contributed by atoms with van der Waals surface area (Å²) >= 11 is 1.91. The van der Waals surface area contributed by atoms with E-state index < -0.39 is 0 Å². The van der Waals surface area contributed by atoms with Crippen molar-refractivity contribution in [2.45, 2.75) is 36.3 Å². The summed E-state index contributed by atoms with van der Waals surface area (Å²) in [6.07, 6.45) is 3.37. The average Bonchev–Trinajstić information content (AvgIpc) is 2.69. The predicted molar refractivity (Wildman–Crippen MR) is 113 cm³/mol. The predicted octanol–water partition coefficient (Wildman–Crippen LogP) is 4.47. The molecule has 0 aromatic heterocycles. The van der Waals surface area contributed by atoms with Gasteiger partial charge in [-0.2, -0.15) is 0 Å². The van der Waals surface area contributed by atoms with Gasteiger partial charge in [-0.25, -0.2) is 0 Å². The van der Waals surface area contributed by atoms with Gasteiger partial charge in [0.2, 0.25) is 5.91 Å².